The minimum absolute atomic E-state index is 0. The van der Waals surface area contributed by atoms with Crippen LogP contribution in [0.5, 0.6) is 11.5 Å². The van der Waals surface area contributed by atoms with Gasteiger partial charge in [-0.2, -0.15) is 0 Å². The zero-order valence-corrected chi connectivity index (χ0v) is 18.7. The molecule has 4 rings (SSSR count). The van der Waals surface area contributed by atoms with Gasteiger partial charge in [-0.25, -0.2) is 4.98 Å². The van der Waals surface area contributed by atoms with Gasteiger partial charge in [0.25, 0.3) is 0 Å². The molecule has 3 heterocycles. The van der Waals surface area contributed by atoms with Crippen LogP contribution in [0.25, 0.3) is 11.3 Å². The second kappa shape index (κ2) is 11.4. The lowest BCUT2D eigenvalue weighted by Crippen LogP contribution is -2.34. The van der Waals surface area contributed by atoms with Crippen molar-refractivity contribution in [1.29, 1.82) is 0 Å². The molecule has 6 nitrogen and oxygen atoms in total. The first-order chi connectivity index (χ1) is 13.7. The van der Waals surface area contributed by atoms with E-state index in [2.05, 4.69) is 22.5 Å². The number of hydrogen-bond acceptors (Lipinski definition) is 5. The number of aromatic nitrogens is 1. The smallest absolute Gasteiger partial charge is 0.225 e. The first-order valence-corrected chi connectivity index (χ1v) is 10.1. The van der Waals surface area contributed by atoms with E-state index in [0.717, 1.165) is 35.8 Å². The van der Waals surface area contributed by atoms with Crippen LogP contribution < -0.4 is 20.1 Å². The maximum atomic E-state index is 12.5. The Morgan fingerprint density at radius 2 is 2.00 bits per heavy atom. The monoisotopic (exact) mass is 453 g/mol. The summed E-state index contributed by atoms with van der Waals surface area (Å²) in [5.41, 5.74) is 1.72. The number of carbonyl (C=O) groups excluding carboxylic acids is 1. The number of ether oxygens (including phenoxy) is 2. The molecule has 0 aliphatic carbocycles. The number of benzene rings is 1. The molecule has 0 bridgehead atoms. The summed E-state index contributed by atoms with van der Waals surface area (Å²) in [5.74, 6) is 3.00. The van der Waals surface area contributed by atoms with Gasteiger partial charge < -0.3 is 20.1 Å². The van der Waals surface area contributed by atoms with E-state index in [-0.39, 0.29) is 30.7 Å². The number of carbonyl (C=O) groups is 1. The maximum Gasteiger partial charge on any atom is 0.225 e. The van der Waals surface area contributed by atoms with Gasteiger partial charge in [0, 0.05) is 12.0 Å². The summed E-state index contributed by atoms with van der Waals surface area (Å²) in [6, 6.07) is 11.4. The normalized spacial score (nSPS) is 18.4. The van der Waals surface area contributed by atoms with Gasteiger partial charge in [-0.05, 0) is 68.1 Å². The lowest BCUT2D eigenvalue weighted by molar-refractivity contribution is -0.117. The molecule has 0 spiro atoms. The quantitative estimate of drug-likeness (QED) is 0.704. The number of hydrogen-bond donors (Lipinski definition) is 2. The minimum atomic E-state index is 0. The van der Waals surface area contributed by atoms with Crippen LogP contribution in [0.2, 0.25) is 0 Å². The fourth-order valence-electron chi connectivity index (χ4n) is 3.89. The standard InChI is InChI=1S/C22H27N3O3.2ClH/c1-15(17-4-3-9-23-14-17)12-22(26)25-21-6-2-5-18(24-21)16-7-8-19-20(13-16)28-11-10-27-19;;/h2,5-8,13,15,17,23H,3-4,9-12,14H2,1H3,(H,24,25,26);2*1H. The number of amides is 1. The van der Waals surface area contributed by atoms with E-state index in [4.69, 9.17) is 9.47 Å². The number of piperidine rings is 1. The van der Waals surface area contributed by atoms with Crippen molar-refractivity contribution in [3.8, 4) is 22.8 Å². The predicted octanol–water partition coefficient (Wildman–Crippen LogP) is 4.33. The van der Waals surface area contributed by atoms with Crippen molar-refractivity contribution in [1.82, 2.24) is 10.3 Å². The van der Waals surface area contributed by atoms with Crippen LogP contribution in [-0.4, -0.2) is 37.2 Å². The van der Waals surface area contributed by atoms with E-state index in [1.807, 2.05) is 36.4 Å². The molecule has 2 unspecified atom stereocenters. The van der Waals surface area contributed by atoms with Crippen LogP contribution in [0.3, 0.4) is 0 Å². The van der Waals surface area contributed by atoms with E-state index < -0.39 is 0 Å². The third-order valence-electron chi connectivity index (χ3n) is 5.50. The third-order valence-corrected chi connectivity index (χ3v) is 5.50. The first-order valence-electron chi connectivity index (χ1n) is 10.1. The predicted molar refractivity (Wildman–Crippen MR) is 123 cm³/mol. The number of nitrogens with zero attached hydrogens (tertiary/aromatic N) is 1. The summed E-state index contributed by atoms with van der Waals surface area (Å²) in [6.45, 7) is 5.38. The van der Waals surface area contributed by atoms with E-state index in [9.17, 15) is 4.79 Å². The molecular formula is C22H29Cl2N3O3. The molecule has 2 N–H and O–H groups in total. The number of fused-ring (bicyclic) bond motifs is 1. The van der Waals surface area contributed by atoms with Crippen molar-refractivity contribution < 1.29 is 14.3 Å². The van der Waals surface area contributed by atoms with Crippen LogP contribution in [0, 0.1) is 11.8 Å². The molecule has 1 aromatic heterocycles. The third kappa shape index (κ3) is 6.00. The van der Waals surface area contributed by atoms with E-state index in [1.54, 1.807) is 0 Å². The van der Waals surface area contributed by atoms with Crippen LogP contribution in [0.1, 0.15) is 26.2 Å². The largest absolute Gasteiger partial charge is 0.486 e. The fourth-order valence-corrected chi connectivity index (χ4v) is 3.89. The van der Waals surface area contributed by atoms with Crippen LogP contribution >= 0.6 is 24.8 Å². The van der Waals surface area contributed by atoms with Crippen molar-refractivity contribution in [3.63, 3.8) is 0 Å². The molecule has 2 aliphatic heterocycles. The highest BCUT2D eigenvalue weighted by atomic mass is 35.5. The summed E-state index contributed by atoms with van der Waals surface area (Å²) in [7, 11) is 0. The number of rotatable bonds is 5. The van der Waals surface area contributed by atoms with Gasteiger partial charge in [-0.15, -0.1) is 24.8 Å². The van der Waals surface area contributed by atoms with E-state index in [0.29, 0.717) is 37.3 Å². The number of pyridine rings is 1. The van der Waals surface area contributed by atoms with Crippen LogP contribution in [-0.2, 0) is 4.79 Å². The summed E-state index contributed by atoms with van der Waals surface area (Å²) in [5, 5.41) is 6.38. The van der Waals surface area contributed by atoms with Gasteiger partial charge in [0.15, 0.2) is 11.5 Å². The highest BCUT2D eigenvalue weighted by Crippen LogP contribution is 2.34. The van der Waals surface area contributed by atoms with Crippen molar-refractivity contribution in [2.24, 2.45) is 11.8 Å². The van der Waals surface area contributed by atoms with Gasteiger partial charge in [0.05, 0.1) is 5.69 Å². The highest BCUT2D eigenvalue weighted by Gasteiger charge is 2.22. The Bertz CT molecular complexity index is 844. The second-order valence-corrected chi connectivity index (χ2v) is 7.60. The fraction of sp³-hybridized carbons (Fsp3) is 0.455. The molecule has 1 amide bonds. The molecule has 1 fully saturated rings. The molecule has 164 valence electrons. The molecule has 8 heteroatoms. The van der Waals surface area contributed by atoms with Crippen LogP contribution in [0.15, 0.2) is 36.4 Å². The lowest BCUT2D eigenvalue weighted by Gasteiger charge is -2.27. The summed E-state index contributed by atoms with van der Waals surface area (Å²) in [6.07, 6.45) is 2.90. The lowest BCUT2D eigenvalue weighted by atomic mass is 9.85. The Hall–Kier alpha value is -2.02. The average molecular weight is 454 g/mol. The molecule has 2 aromatic rings. The molecule has 0 radical (unpaired) electrons. The van der Waals surface area contributed by atoms with Crippen molar-refractivity contribution in [2.45, 2.75) is 26.2 Å². The molecule has 1 saturated heterocycles. The second-order valence-electron chi connectivity index (χ2n) is 7.60. The summed E-state index contributed by atoms with van der Waals surface area (Å²) in [4.78, 5) is 17.1. The van der Waals surface area contributed by atoms with Crippen molar-refractivity contribution in [3.05, 3.63) is 36.4 Å². The SMILES string of the molecule is CC(CC(=O)Nc1cccc(-c2ccc3c(c2)OCCO3)n1)C1CCCNC1.Cl.Cl. The molecule has 30 heavy (non-hydrogen) atoms. The van der Waals surface area contributed by atoms with Gasteiger partial charge in [-0.3, -0.25) is 4.79 Å². The molecule has 2 atom stereocenters. The maximum absolute atomic E-state index is 12.5. The Kier molecular flexibility index (Phi) is 9.21. The Labute approximate surface area is 190 Å². The van der Waals surface area contributed by atoms with Crippen molar-refractivity contribution >= 4 is 36.5 Å². The number of anilines is 1. The Morgan fingerprint density at radius 3 is 2.77 bits per heavy atom. The zero-order valence-electron chi connectivity index (χ0n) is 17.1. The van der Waals surface area contributed by atoms with E-state index in [1.165, 1.54) is 12.8 Å². The summed E-state index contributed by atoms with van der Waals surface area (Å²) >= 11 is 0. The van der Waals surface area contributed by atoms with Gasteiger partial charge in [-0.1, -0.05) is 13.0 Å². The highest BCUT2D eigenvalue weighted by molar-refractivity contribution is 5.90. The first kappa shape index (κ1) is 24.3. The van der Waals surface area contributed by atoms with Gasteiger partial charge in [0.1, 0.15) is 19.0 Å². The molecule has 1 aromatic carbocycles. The summed E-state index contributed by atoms with van der Waals surface area (Å²) < 4.78 is 11.2. The topological polar surface area (TPSA) is 72.5 Å². The number of nitrogens with one attached hydrogen (secondary N) is 2. The Balaban J connectivity index is 0.00000160. The number of halogens is 2. The molecule has 0 saturated carbocycles. The zero-order chi connectivity index (χ0) is 19.3. The van der Waals surface area contributed by atoms with Crippen LogP contribution in [0.4, 0.5) is 5.82 Å². The Morgan fingerprint density at radius 1 is 1.20 bits per heavy atom. The average Bonchev–Trinajstić information content (AvgIpc) is 2.74. The van der Waals surface area contributed by atoms with Gasteiger partial charge in [0.2, 0.25) is 5.91 Å². The van der Waals surface area contributed by atoms with E-state index >= 15 is 0 Å². The molecular weight excluding hydrogens is 425 g/mol. The minimum Gasteiger partial charge on any atom is -0.486 e. The van der Waals surface area contributed by atoms with Gasteiger partial charge >= 0.3 is 0 Å². The van der Waals surface area contributed by atoms with Crippen molar-refractivity contribution in [2.75, 3.05) is 31.6 Å². The molecule has 2 aliphatic rings.